The van der Waals surface area contributed by atoms with Crippen molar-refractivity contribution in [3.05, 3.63) is 0 Å². The van der Waals surface area contributed by atoms with Crippen molar-refractivity contribution >= 4 is 11.9 Å². The number of hydrogen-bond acceptors (Lipinski definition) is 4. The maximum atomic E-state index is 11.8. The van der Waals surface area contributed by atoms with E-state index < -0.39 is 5.97 Å². The Morgan fingerprint density at radius 1 is 1.47 bits per heavy atom. The lowest BCUT2D eigenvalue weighted by Gasteiger charge is -2.38. The highest BCUT2D eigenvalue weighted by atomic mass is 16.4. The lowest BCUT2D eigenvalue weighted by atomic mass is 9.91. The average molecular weight is 271 g/mol. The molecule has 0 aromatic carbocycles. The van der Waals surface area contributed by atoms with Gasteiger partial charge in [-0.3, -0.25) is 14.5 Å². The smallest absolute Gasteiger partial charge is 0.303 e. The molecule has 0 aliphatic carbocycles. The highest BCUT2D eigenvalue weighted by molar-refractivity contribution is 5.78. The number of carboxylic acids is 1. The molecule has 4 N–H and O–H groups in total. The van der Waals surface area contributed by atoms with Crippen LogP contribution in [0.15, 0.2) is 0 Å². The Morgan fingerprint density at radius 3 is 2.84 bits per heavy atom. The summed E-state index contributed by atoms with van der Waals surface area (Å²) in [4.78, 5) is 24.3. The van der Waals surface area contributed by atoms with Gasteiger partial charge in [0.15, 0.2) is 0 Å². The van der Waals surface area contributed by atoms with Crippen molar-refractivity contribution in [1.29, 1.82) is 0 Å². The minimum absolute atomic E-state index is 0.0436. The monoisotopic (exact) mass is 271 g/mol. The fraction of sp³-hybridized carbons (Fsp3) is 0.846. The molecular weight excluding hydrogens is 246 g/mol. The third-order valence-electron chi connectivity index (χ3n) is 3.71. The summed E-state index contributed by atoms with van der Waals surface area (Å²) in [5.74, 6) is -0.348. The summed E-state index contributed by atoms with van der Waals surface area (Å²) in [5.41, 5.74) is 5.78. The van der Waals surface area contributed by atoms with Crippen molar-refractivity contribution in [2.75, 3.05) is 26.2 Å². The van der Waals surface area contributed by atoms with E-state index in [-0.39, 0.29) is 18.4 Å². The molecule has 1 saturated heterocycles. The third-order valence-corrected chi connectivity index (χ3v) is 3.71. The van der Waals surface area contributed by atoms with Gasteiger partial charge in [0.05, 0.1) is 6.54 Å². The van der Waals surface area contributed by atoms with Crippen LogP contribution >= 0.6 is 0 Å². The van der Waals surface area contributed by atoms with Crippen molar-refractivity contribution in [3.63, 3.8) is 0 Å². The number of amides is 1. The standard InChI is InChI=1S/C13H25N3O3/c1-10-4-3-7-16(11(10)8-14)9-12(17)15-6-2-5-13(18)19/h10-11H,2-9,14H2,1H3,(H,15,17)(H,18,19). The second-order valence-corrected chi connectivity index (χ2v) is 5.24. The number of carbonyl (C=O) groups is 2. The van der Waals surface area contributed by atoms with Crippen LogP contribution < -0.4 is 11.1 Å². The van der Waals surface area contributed by atoms with Gasteiger partial charge < -0.3 is 16.2 Å². The summed E-state index contributed by atoms with van der Waals surface area (Å²) in [6.07, 6.45) is 2.83. The van der Waals surface area contributed by atoms with Crippen LogP contribution in [0.3, 0.4) is 0 Å². The van der Waals surface area contributed by atoms with Crippen molar-refractivity contribution in [2.24, 2.45) is 11.7 Å². The van der Waals surface area contributed by atoms with Gasteiger partial charge in [0.2, 0.25) is 5.91 Å². The molecule has 0 aromatic rings. The van der Waals surface area contributed by atoms with E-state index in [0.29, 0.717) is 32.0 Å². The summed E-state index contributed by atoms with van der Waals surface area (Å²) in [6, 6.07) is 0.276. The molecular formula is C13H25N3O3. The molecule has 0 spiro atoms. The molecule has 1 fully saturated rings. The van der Waals surface area contributed by atoms with E-state index in [0.717, 1.165) is 13.0 Å². The van der Waals surface area contributed by atoms with Crippen LogP contribution in [0.1, 0.15) is 32.6 Å². The van der Waals surface area contributed by atoms with Gasteiger partial charge in [-0.15, -0.1) is 0 Å². The van der Waals surface area contributed by atoms with Crippen LogP contribution in [0.2, 0.25) is 0 Å². The summed E-state index contributed by atoms with van der Waals surface area (Å²) in [7, 11) is 0. The molecule has 6 nitrogen and oxygen atoms in total. The topological polar surface area (TPSA) is 95.7 Å². The van der Waals surface area contributed by atoms with Crippen molar-refractivity contribution < 1.29 is 14.7 Å². The van der Waals surface area contributed by atoms with Gasteiger partial charge in [0.25, 0.3) is 0 Å². The van der Waals surface area contributed by atoms with Crippen molar-refractivity contribution in [2.45, 2.75) is 38.6 Å². The normalized spacial score (nSPS) is 24.1. The van der Waals surface area contributed by atoms with Crippen LogP contribution in [0.5, 0.6) is 0 Å². The van der Waals surface area contributed by atoms with Crippen LogP contribution in [0, 0.1) is 5.92 Å². The third kappa shape index (κ3) is 5.57. The molecule has 1 amide bonds. The number of piperidine rings is 1. The zero-order valence-electron chi connectivity index (χ0n) is 11.6. The van der Waals surface area contributed by atoms with E-state index in [1.54, 1.807) is 0 Å². The number of rotatable bonds is 7. The first-order valence-electron chi connectivity index (χ1n) is 6.97. The Bertz CT molecular complexity index is 310. The number of carboxylic acid groups (broad SMARTS) is 1. The van der Waals surface area contributed by atoms with Gasteiger partial charge in [0, 0.05) is 25.6 Å². The Hall–Kier alpha value is -1.14. The first-order valence-corrected chi connectivity index (χ1v) is 6.97. The number of nitrogens with one attached hydrogen (secondary N) is 1. The second-order valence-electron chi connectivity index (χ2n) is 5.24. The van der Waals surface area contributed by atoms with Gasteiger partial charge in [-0.1, -0.05) is 6.92 Å². The first-order chi connectivity index (χ1) is 9.04. The Morgan fingerprint density at radius 2 is 2.21 bits per heavy atom. The SMILES string of the molecule is CC1CCCN(CC(=O)NCCCC(=O)O)C1CN. The van der Waals surface area contributed by atoms with Gasteiger partial charge in [0.1, 0.15) is 0 Å². The predicted octanol–water partition coefficient (Wildman–Crippen LogP) is 0.0266. The first kappa shape index (κ1) is 15.9. The van der Waals surface area contributed by atoms with E-state index >= 15 is 0 Å². The molecule has 1 heterocycles. The van der Waals surface area contributed by atoms with Gasteiger partial charge in [-0.2, -0.15) is 0 Å². The second kappa shape index (κ2) is 8.12. The Labute approximate surface area is 114 Å². The van der Waals surface area contributed by atoms with Crippen molar-refractivity contribution in [3.8, 4) is 0 Å². The number of nitrogens with two attached hydrogens (primary N) is 1. The minimum Gasteiger partial charge on any atom is -0.481 e. The molecule has 2 unspecified atom stereocenters. The van der Waals surface area contributed by atoms with Gasteiger partial charge >= 0.3 is 5.97 Å². The summed E-state index contributed by atoms with van der Waals surface area (Å²) in [6.45, 7) is 4.44. The van der Waals surface area contributed by atoms with Gasteiger partial charge in [-0.05, 0) is 31.7 Å². The number of aliphatic carboxylic acids is 1. The van der Waals surface area contributed by atoms with E-state index in [1.165, 1.54) is 6.42 Å². The average Bonchev–Trinajstić information content (AvgIpc) is 2.35. The van der Waals surface area contributed by atoms with E-state index in [9.17, 15) is 9.59 Å². The fourth-order valence-corrected chi connectivity index (χ4v) is 2.62. The maximum absolute atomic E-state index is 11.8. The molecule has 2 atom stereocenters. The molecule has 1 aliphatic rings. The molecule has 0 saturated carbocycles. The number of nitrogens with zero attached hydrogens (tertiary/aromatic N) is 1. The predicted molar refractivity (Wildman–Crippen MR) is 72.7 cm³/mol. The molecule has 0 radical (unpaired) electrons. The number of likely N-dealkylation sites (tertiary alicyclic amines) is 1. The lowest BCUT2D eigenvalue weighted by molar-refractivity contribution is -0.137. The van der Waals surface area contributed by atoms with E-state index in [4.69, 9.17) is 10.8 Å². The summed E-state index contributed by atoms with van der Waals surface area (Å²) >= 11 is 0. The highest BCUT2D eigenvalue weighted by Gasteiger charge is 2.28. The fourth-order valence-electron chi connectivity index (χ4n) is 2.62. The van der Waals surface area contributed by atoms with Crippen LogP contribution in [-0.2, 0) is 9.59 Å². The zero-order valence-corrected chi connectivity index (χ0v) is 11.6. The summed E-state index contributed by atoms with van der Waals surface area (Å²) < 4.78 is 0. The zero-order chi connectivity index (χ0) is 14.3. The van der Waals surface area contributed by atoms with Gasteiger partial charge in [-0.25, -0.2) is 0 Å². The number of hydrogen-bond donors (Lipinski definition) is 3. The maximum Gasteiger partial charge on any atom is 0.303 e. The molecule has 6 heteroatoms. The molecule has 110 valence electrons. The Kier molecular flexibility index (Phi) is 6.80. The molecule has 0 bridgehead atoms. The quantitative estimate of drug-likeness (QED) is 0.568. The minimum atomic E-state index is -0.831. The number of carbonyl (C=O) groups excluding carboxylic acids is 1. The largest absolute Gasteiger partial charge is 0.481 e. The summed E-state index contributed by atoms with van der Waals surface area (Å²) in [5, 5.41) is 11.3. The highest BCUT2D eigenvalue weighted by Crippen LogP contribution is 2.21. The van der Waals surface area contributed by atoms with Crippen molar-refractivity contribution in [1.82, 2.24) is 10.2 Å². The van der Waals surface area contributed by atoms with E-state index in [1.807, 2.05) is 0 Å². The molecule has 19 heavy (non-hydrogen) atoms. The van der Waals surface area contributed by atoms with Crippen LogP contribution in [-0.4, -0.2) is 54.1 Å². The molecule has 1 rings (SSSR count). The molecule has 0 aromatic heterocycles. The van der Waals surface area contributed by atoms with E-state index in [2.05, 4.69) is 17.1 Å². The van der Waals surface area contributed by atoms with Crippen LogP contribution in [0.25, 0.3) is 0 Å². The molecule has 1 aliphatic heterocycles. The van der Waals surface area contributed by atoms with Crippen LogP contribution in [0.4, 0.5) is 0 Å². The lowest BCUT2D eigenvalue weighted by Crippen LogP contribution is -2.52. The Balaban J connectivity index is 2.28.